The molecule has 0 radical (unpaired) electrons. The largest absolute Gasteiger partial charge is 1.00 e. The van der Waals surface area contributed by atoms with Gasteiger partial charge < -0.3 is 24.8 Å². The molecule has 0 aliphatic carbocycles. The minimum absolute atomic E-state index is 0. The number of hydrogen-bond donors (Lipinski definition) is 0. The van der Waals surface area contributed by atoms with Gasteiger partial charge in [0, 0.05) is 21.1 Å². The molecule has 0 bridgehead atoms. The molecule has 0 rings (SSSR count). The average Bonchev–Trinajstić information content (AvgIpc) is 1.88. The fourth-order valence-corrected chi connectivity index (χ4v) is 1.25. The van der Waals surface area contributed by atoms with Crippen LogP contribution in [0, 0.1) is 0 Å². The van der Waals surface area contributed by atoms with E-state index >= 15 is 0 Å². The summed E-state index contributed by atoms with van der Waals surface area (Å²) in [7, 11) is 11.2. The van der Waals surface area contributed by atoms with Gasteiger partial charge in [0.05, 0.1) is 41.8 Å². The molecule has 0 aliphatic rings. The molecule has 0 saturated carbocycles. The number of halogens is 2. The fraction of sp³-hybridized carbons (Fsp3) is 0.833. The van der Waals surface area contributed by atoms with Gasteiger partial charge in [0.15, 0.2) is 0 Å². The van der Waals surface area contributed by atoms with Crippen molar-refractivity contribution in [1.29, 1.82) is 0 Å². The molecular weight excluding hydrogens is 427 g/mol. The number of quaternary nitrogens is 2. The zero-order chi connectivity index (χ0) is 10.4. The van der Waals surface area contributed by atoms with Gasteiger partial charge >= 0.3 is 0 Å². The topological polar surface area (TPSA) is 0 Å². The maximum atomic E-state index is 3.00. The van der Waals surface area contributed by atoms with E-state index in [0.717, 1.165) is 8.97 Å². The minimum atomic E-state index is 0. The van der Waals surface area contributed by atoms with Crippen molar-refractivity contribution in [2.24, 2.45) is 0 Å². The van der Waals surface area contributed by atoms with Crippen LogP contribution in [-0.2, 0) is 21.1 Å². The molecule has 0 amide bonds. The number of rotatable bonds is 3. The van der Waals surface area contributed by atoms with Crippen LogP contribution in [0.1, 0.15) is 21.8 Å². The molecule has 0 aliphatic heterocycles. The Morgan fingerprint density at radius 3 is 1.12 bits per heavy atom. The summed E-state index contributed by atoms with van der Waals surface area (Å²) in [5.41, 5.74) is 0. The van der Waals surface area contributed by atoms with Gasteiger partial charge in [-0.05, 0) is 6.92 Å². The molecule has 2 nitrogen and oxygen atoms in total. The molecule has 0 fully saturated rings. The summed E-state index contributed by atoms with van der Waals surface area (Å²) in [6, 6.07) is 0. The van der Waals surface area contributed by atoms with E-state index in [0.29, 0.717) is 0 Å². The van der Waals surface area contributed by atoms with Crippen LogP contribution in [0.3, 0.4) is 0 Å². The van der Waals surface area contributed by atoms with Gasteiger partial charge in [0.25, 0.3) is 0 Å². The molecule has 0 saturated heterocycles. The van der Waals surface area contributed by atoms with Crippen LogP contribution in [0.5, 0.6) is 0 Å². The van der Waals surface area contributed by atoms with Crippen molar-refractivity contribution in [3.05, 3.63) is 13.2 Å². The quantitative estimate of drug-likeness (QED) is 0.237. The predicted molar refractivity (Wildman–Crippen MR) is 70.3 cm³/mol. The van der Waals surface area contributed by atoms with E-state index in [2.05, 4.69) is 55.3 Å². The molecule has 0 heterocycles. The van der Waals surface area contributed by atoms with Crippen molar-refractivity contribution >= 4 is 0 Å². The van der Waals surface area contributed by atoms with Crippen LogP contribution < -0.4 is 24.8 Å². The Kier molecular flexibility index (Phi) is 48.8. The van der Waals surface area contributed by atoms with Crippen LogP contribution in [0.25, 0.3) is 0 Å². The molecule has 0 atom stereocenters. The monoisotopic (exact) mass is 460 g/mol. The van der Waals surface area contributed by atoms with Crippen LogP contribution in [-0.4, -0.2) is 57.4 Å². The third-order valence-corrected chi connectivity index (χ3v) is 1.66. The summed E-state index contributed by atoms with van der Waals surface area (Å²) >= 11 is 0. The zero-order valence-corrected chi connectivity index (χ0v) is 15.3. The Hall–Kier alpha value is 0.928. The van der Waals surface area contributed by atoms with E-state index < -0.39 is 0 Å². The average molecular weight is 461 g/mol. The van der Waals surface area contributed by atoms with E-state index in [1.54, 1.807) is 0 Å². The Bertz CT molecular complexity index is 126. The second kappa shape index (κ2) is 19.3. The third-order valence-electron chi connectivity index (χ3n) is 1.66. The van der Waals surface area contributed by atoms with Crippen molar-refractivity contribution in [2.75, 3.05) is 48.5 Å². The fourth-order valence-electron chi connectivity index (χ4n) is 1.25. The second-order valence-corrected chi connectivity index (χ2v) is 4.68. The van der Waals surface area contributed by atoms with Gasteiger partial charge in [-0.1, -0.05) is 14.9 Å². The summed E-state index contributed by atoms with van der Waals surface area (Å²) in [6.45, 7) is 10.6. The van der Waals surface area contributed by atoms with Crippen molar-refractivity contribution in [1.82, 2.24) is 0 Å². The molecule has 0 spiro atoms. The summed E-state index contributed by atoms with van der Waals surface area (Å²) in [4.78, 5) is 0. The predicted octanol–water partition coefficient (Wildman–Crippen LogP) is -3.17. The van der Waals surface area contributed by atoms with Crippen molar-refractivity contribution in [2.45, 2.75) is 21.8 Å². The number of hydrogen-bond acceptors (Lipinski definition) is 0. The van der Waals surface area contributed by atoms with Gasteiger partial charge in [-0.25, -0.2) is 0 Å². The van der Waals surface area contributed by atoms with Crippen molar-refractivity contribution in [3.63, 3.8) is 0 Å². The summed E-state index contributed by atoms with van der Waals surface area (Å²) in [5, 5.41) is 0. The molecular formula is C12H34Cl2N2W. The summed E-state index contributed by atoms with van der Waals surface area (Å²) in [6.07, 6.45) is 0. The van der Waals surface area contributed by atoms with Crippen LogP contribution in [0.15, 0.2) is 13.2 Å². The van der Waals surface area contributed by atoms with Gasteiger partial charge in [0.2, 0.25) is 6.67 Å². The standard InChI is InChI=1S/C8H22N2.C2H4.2CH4.2ClH.W/c1-7-10(5,6)8-9(2,3)4;1-2;;;;;/h7-8H2,1-6H3;1-2H2;2*1H4;2*1H;/q+2;;;;;;/p-2. The maximum absolute atomic E-state index is 3.00. The van der Waals surface area contributed by atoms with E-state index in [1.807, 2.05) is 0 Å². The molecule has 17 heavy (non-hydrogen) atoms. The van der Waals surface area contributed by atoms with Crippen LogP contribution in [0.2, 0.25) is 0 Å². The molecule has 0 N–H and O–H groups in total. The van der Waals surface area contributed by atoms with E-state index in [9.17, 15) is 0 Å². The molecule has 0 unspecified atom stereocenters. The Morgan fingerprint density at radius 2 is 1.06 bits per heavy atom. The third kappa shape index (κ3) is 38.3. The normalized spacial score (nSPS) is 8.35. The molecule has 112 valence electrons. The molecule has 5 heteroatoms. The smallest absolute Gasteiger partial charge is 0.206 e. The summed E-state index contributed by atoms with van der Waals surface area (Å²) < 4.78 is 2.14. The second-order valence-electron chi connectivity index (χ2n) is 4.68. The zero-order valence-electron chi connectivity index (χ0n) is 10.9. The van der Waals surface area contributed by atoms with Crippen LogP contribution in [0.4, 0.5) is 0 Å². The van der Waals surface area contributed by atoms with Gasteiger partial charge in [0.1, 0.15) is 0 Å². The molecule has 0 aromatic carbocycles. The Labute approximate surface area is 138 Å². The first kappa shape index (κ1) is 43.0. The van der Waals surface area contributed by atoms with E-state index in [-0.39, 0.29) is 60.7 Å². The van der Waals surface area contributed by atoms with Gasteiger partial charge in [-0.15, -0.1) is 13.2 Å². The Balaban J connectivity index is -0.0000000270. The first-order valence-corrected chi connectivity index (χ1v) is 4.39. The SMILES string of the molecule is C.C.C=C.CC[N+](C)(C)C[N+](C)(C)C.[Cl-].[Cl-].[W]. The van der Waals surface area contributed by atoms with Crippen LogP contribution >= 0.6 is 0 Å². The van der Waals surface area contributed by atoms with Gasteiger partial charge in [-0.3, -0.25) is 8.97 Å². The number of nitrogens with zero attached hydrogens (tertiary/aromatic N) is 2. The Morgan fingerprint density at radius 1 is 0.824 bits per heavy atom. The maximum Gasteiger partial charge on any atom is 0.206 e. The van der Waals surface area contributed by atoms with Crippen molar-refractivity contribution < 1.29 is 54.8 Å². The molecule has 0 aromatic rings. The van der Waals surface area contributed by atoms with E-state index in [4.69, 9.17) is 0 Å². The van der Waals surface area contributed by atoms with Gasteiger partial charge in [-0.2, -0.15) is 0 Å². The first-order chi connectivity index (χ1) is 5.27. The minimum Gasteiger partial charge on any atom is -1.00 e. The van der Waals surface area contributed by atoms with E-state index in [1.165, 1.54) is 13.2 Å². The molecule has 0 aromatic heterocycles. The first-order valence-electron chi connectivity index (χ1n) is 4.39. The van der Waals surface area contributed by atoms with Crippen molar-refractivity contribution in [3.8, 4) is 0 Å². The summed E-state index contributed by atoms with van der Waals surface area (Å²) in [5.74, 6) is 0.